The molecule has 1 nitrogen and oxygen atoms in total. The summed E-state index contributed by atoms with van der Waals surface area (Å²) >= 11 is 11.4. The molecule has 0 saturated heterocycles. The molecule has 0 aromatic carbocycles. The first kappa shape index (κ1) is 15.5. The Hall–Kier alpha value is 0.430. The Morgan fingerprint density at radius 3 is 2.65 bits per heavy atom. The summed E-state index contributed by atoms with van der Waals surface area (Å²) in [5, 5.41) is 4.45. The van der Waals surface area contributed by atoms with E-state index >= 15 is 0 Å². The van der Waals surface area contributed by atoms with Gasteiger partial charge in [-0.25, -0.2) is 0 Å². The van der Waals surface area contributed by atoms with Gasteiger partial charge in [0, 0.05) is 10.9 Å². The Bertz CT molecular complexity index is 321. The Morgan fingerprint density at radius 2 is 2.18 bits per heavy atom. The van der Waals surface area contributed by atoms with Crippen LogP contribution in [0, 0.1) is 5.92 Å². The Labute approximate surface area is 122 Å². The summed E-state index contributed by atoms with van der Waals surface area (Å²) in [6.45, 7) is 7.82. The normalized spacial score (nSPS) is 14.9. The van der Waals surface area contributed by atoms with Gasteiger partial charge in [0.05, 0.1) is 8.81 Å². The minimum atomic E-state index is 0.443. The molecule has 1 aromatic heterocycles. The van der Waals surface area contributed by atoms with E-state index in [1.165, 1.54) is 17.7 Å². The fourth-order valence-corrected chi connectivity index (χ4v) is 3.56. The van der Waals surface area contributed by atoms with Crippen LogP contribution in [0.15, 0.2) is 9.85 Å². The van der Waals surface area contributed by atoms with Gasteiger partial charge in [0.1, 0.15) is 0 Å². The molecule has 0 bridgehead atoms. The number of halogens is 2. The summed E-state index contributed by atoms with van der Waals surface area (Å²) in [5.41, 5.74) is 0. The van der Waals surface area contributed by atoms with Gasteiger partial charge < -0.3 is 5.32 Å². The van der Waals surface area contributed by atoms with Crippen molar-refractivity contribution in [3.63, 3.8) is 0 Å². The Balaban J connectivity index is 2.74. The van der Waals surface area contributed by atoms with E-state index in [0.29, 0.717) is 6.04 Å². The number of nitrogens with one attached hydrogen (secondary N) is 1. The first-order valence-corrected chi connectivity index (χ1v) is 8.25. The lowest BCUT2D eigenvalue weighted by molar-refractivity contribution is 0.406. The third-order valence-corrected chi connectivity index (χ3v) is 5.57. The molecule has 2 atom stereocenters. The molecule has 0 aliphatic carbocycles. The highest BCUT2D eigenvalue weighted by Gasteiger charge is 2.17. The fourth-order valence-electron chi connectivity index (χ4n) is 1.72. The van der Waals surface area contributed by atoms with Crippen molar-refractivity contribution >= 4 is 38.9 Å². The molecule has 0 spiro atoms. The molecular formula is C13H21BrClNS. The molecule has 1 rings (SSSR count). The third kappa shape index (κ3) is 4.90. The lowest BCUT2D eigenvalue weighted by atomic mass is 9.98. The van der Waals surface area contributed by atoms with Gasteiger partial charge in [0.15, 0.2) is 0 Å². The monoisotopic (exact) mass is 337 g/mol. The van der Waals surface area contributed by atoms with Gasteiger partial charge in [0.25, 0.3) is 0 Å². The van der Waals surface area contributed by atoms with E-state index in [-0.39, 0.29) is 0 Å². The van der Waals surface area contributed by atoms with Crippen LogP contribution < -0.4 is 5.32 Å². The minimum Gasteiger partial charge on any atom is -0.309 e. The highest BCUT2D eigenvalue weighted by atomic mass is 79.9. The third-order valence-electron chi connectivity index (χ3n) is 2.98. The number of hydrogen-bond acceptors (Lipinski definition) is 2. The van der Waals surface area contributed by atoms with Gasteiger partial charge in [-0.2, -0.15) is 0 Å². The molecule has 0 fully saturated rings. The van der Waals surface area contributed by atoms with E-state index in [0.717, 1.165) is 27.7 Å². The second-order valence-electron chi connectivity index (χ2n) is 4.53. The summed E-state index contributed by atoms with van der Waals surface area (Å²) in [7, 11) is 0. The van der Waals surface area contributed by atoms with Crippen molar-refractivity contribution in [2.24, 2.45) is 5.92 Å². The zero-order valence-corrected chi connectivity index (χ0v) is 13.9. The topological polar surface area (TPSA) is 12.0 Å². The zero-order chi connectivity index (χ0) is 12.8. The second-order valence-corrected chi connectivity index (χ2v) is 7.34. The molecule has 0 saturated carbocycles. The van der Waals surface area contributed by atoms with Gasteiger partial charge in [-0.15, -0.1) is 11.3 Å². The van der Waals surface area contributed by atoms with Crippen molar-refractivity contribution in [1.29, 1.82) is 0 Å². The lowest BCUT2D eigenvalue weighted by Gasteiger charge is -2.20. The minimum absolute atomic E-state index is 0.443. The van der Waals surface area contributed by atoms with Gasteiger partial charge in [-0.1, -0.05) is 38.8 Å². The summed E-state index contributed by atoms with van der Waals surface area (Å²) < 4.78 is 1.04. The predicted molar refractivity (Wildman–Crippen MR) is 82.1 cm³/mol. The Kier molecular flexibility index (Phi) is 7.08. The predicted octanol–water partition coefficient (Wildman–Crippen LogP) is 5.64. The van der Waals surface area contributed by atoms with E-state index in [4.69, 9.17) is 11.6 Å². The van der Waals surface area contributed by atoms with E-state index in [9.17, 15) is 0 Å². The maximum Gasteiger partial charge on any atom is 0.0887 e. The molecule has 0 radical (unpaired) electrons. The smallest absolute Gasteiger partial charge is 0.0887 e. The summed E-state index contributed by atoms with van der Waals surface area (Å²) in [4.78, 5) is 1.34. The molecular weight excluding hydrogens is 318 g/mol. The average Bonchev–Trinajstić information content (AvgIpc) is 2.64. The second kappa shape index (κ2) is 7.78. The van der Waals surface area contributed by atoms with E-state index in [2.05, 4.69) is 48.1 Å². The molecule has 2 unspecified atom stereocenters. The van der Waals surface area contributed by atoms with Crippen molar-refractivity contribution in [3.05, 3.63) is 19.8 Å². The molecule has 98 valence electrons. The van der Waals surface area contributed by atoms with Crippen molar-refractivity contribution in [3.8, 4) is 0 Å². The number of hydrogen-bond donors (Lipinski definition) is 1. The van der Waals surface area contributed by atoms with Gasteiger partial charge in [-0.05, 0) is 47.3 Å². The van der Waals surface area contributed by atoms with Crippen molar-refractivity contribution < 1.29 is 0 Å². The van der Waals surface area contributed by atoms with Gasteiger partial charge in [0.2, 0.25) is 0 Å². The lowest BCUT2D eigenvalue weighted by Crippen LogP contribution is -2.23. The van der Waals surface area contributed by atoms with Crippen LogP contribution in [0.25, 0.3) is 0 Å². The average molecular weight is 339 g/mol. The molecule has 17 heavy (non-hydrogen) atoms. The van der Waals surface area contributed by atoms with Crippen LogP contribution in [0.3, 0.4) is 0 Å². The standard InChI is InChI=1S/C13H21BrClNS/c1-4-6-16-11(7-9(3)5-2)12-8-10(15)13(14)17-12/h8-9,11,16H,4-7H2,1-3H3. The maximum atomic E-state index is 6.11. The van der Waals surface area contributed by atoms with Crippen molar-refractivity contribution in [2.45, 2.75) is 46.1 Å². The van der Waals surface area contributed by atoms with E-state index < -0.39 is 0 Å². The van der Waals surface area contributed by atoms with E-state index in [1.807, 2.05) is 0 Å². The van der Waals surface area contributed by atoms with Crippen LogP contribution in [0.4, 0.5) is 0 Å². The van der Waals surface area contributed by atoms with Crippen LogP contribution >= 0.6 is 38.9 Å². The molecule has 1 heterocycles. The molecule has 4 heteroatoms. The fraction of sp³-hybridized carbons (Fsp3) is 0.692. The SMILES string of the molecule is CCCNC(CC(C)CC)c1cc(Cl)c(Br)s1. The number of thiophene rings is 1. The highest BCUT2D eigenvalue weighted by molar-refractivity contribution is 9.11. The largest absolute Gasteiger partial charge is 0.309 e. The van der Waals surface area contributed by atoms with E-state index in [1.54, 1.807) is 11.3 Å². The molecule has 0 aliphatic heterocycles. The summed E-state index contributed by atoms with van der Waals surface area (Å²) in [6.07, 6.45) is 3.57. The molecule has 0 amide bonds. The summed E-state index contributed by atoms with van der Waals surface area (Å²) in [6, 6.07) is 2.53. The van der Waals surface area contributed by atoms with Crippen LogP contribution in [-0.2, 0) is 0 Å². The number of rotatable bonds is 7. The summed E-state index contributed by atoms with van der Waals surface area (Å²) in [5.74, 6) is 0.740. The van der Waals surface area contributed by atoms with Crippen LogP contribution in [0.1, 0.15) is 51.0 Å². The van der Waals surface area contributed by atoms with Crippen molar-refractivity contribution in [1.82, 2.24) is 5.32 Å². The van der Waals surface area contributed by atoms with Gasteiger partial charge >= 0.3 is 0 Å². The first-order valence-electron chi connectivity index (χ1n) is 6.26. The molecule has 1 N–H and O–H groups in total. The Morgan fingerprint density at radius 1 is 1.47 bits per heavy atom. The maximum absolute atomic E-state index is 6.11. The van der Waals surface area contributed by atoms with Crippen LogP contribution in [0.2, 0.25) is 5.02 Å². The van der Waals surface area contributed by atoms with Gasteiger partial charge in [-0.3, -0.25) is 0 Å². The van der Waals surface area contributed by atoms with Crippen LogP contribution in [0.5, 0.6) is 0 Å². The first-order chi connectivity index (χ1) is 8.08. The highest BCUT2D eigenvalue weighted by Crippen LogP contribution is 2.37. The van der Waals surface area contributed by atoms with Crippen LogP contribution in [-0.4, -0.2) is 6.54 Å². The molecule has 0 aliphatic rings. The molecule has 1 aromatic rings. The van der Waals surface area contributed by atoms with Crippen molar-refractivity contribution in [2.75, 3.05) is 6.54 Å². The zero-order valence-electron chi connectivity index (χ0n) is 10.7. The quantitative estimate of drug-likeness (QED) is 0.678.